The molecule has 2 aliphatic heterocycles. The van der Waals surface area contributed by atoms with E-state index in [0.717, 1.165) is 62.0 Å². The van der Waals surface area contributed by atoms with Crippen molar-refractivity contribution in [3.05, 3.63) is 100 Å². The molecule has 8 N–H and O–H groups in total. The average molecular weight is 765 g/mol. The number of hydrogen-bond donors (Lipinski definition) is 8. The molecule has 296 valence electrons. The summed E-state index contributed by atoms with van der Waals surface area (Å²) in [6, 6.07) is 19.5. The summed E-state index contributed by atoms with van der Waals surface area (Å²) in [7, 11) is 3.37. The fourth-order valence-electron chi connectivity index (χ4n) is 8.92. The number of nitrogens with one attached hydrogen (secondary N) is 4. The average Bonchev–Trinajstić information content (AvgIpc) is 3.68. The number of benzene rings is 4. The molecule has 5 atom stereocenters. The molecule has 4 aromatic carbocycles. The molecule has 12 nitrogen and oxygen atoms in total. The van der Waals surface area contributed by atoms with Crippen LogP contribution in [-0.2, 0) is 30.4 Å². The number of aromatic amines is 1. The SMILES string of the molecule is CNCOC1(CNCNCC(C)O)Cc2c3c(c4c(c2OC1c1ccc(O)c(OC)c1)CCC(CO)O4)-c1ccc(O)cc1C(Cc1ccc2[nH]ccc2c1)C3. The van der Waals surface area contributed by atoms with E-state index in [2.05, 4.69) is 45.2 Å². The van der Waals surface area contributed by atoms with E-state index >= 15 is 0 Å². The number of aliphatic hydroxyl groups is 2. The van der Waals surface area contributed by atoms with E-state index in [1.807, 2.05) is 31.4 Å². The highest BCUT2D eigenvalue weighted by Gasteiger charge is 2.50. The van der Waals surface area contributed by atoms with Gasteiger partial charge in [-0.1, -0.05) is 18.2 Å². The molecule has 12 heteroatoms. The maximum Gasteiger partial charge on any atom is 0.160 e. The lowest BCUT2D eigenvalue weighted by atomic mass is 9.70. The molecular formula is C44H52N4O8. The fraction of sp³-hybridized carbons (Fsp3) is 0.409. The van der Waals surface area contributed by atoms with Crippen molar-refractivity contribution < 1.29 is 39.4 Å². The standard InChI is InChI=1S/C44H52N4O8/c1-25(50)20-46-23-47-22-44(54-24-45-2)19-36-35-16-29(15-26-4-10-37-27(14-26)12-13-48-37)34-18-30(51)6-8-32(34)40(35)42-33(9-7-31(21-49)55-42)41(36)56-43(44)28-5-11-38(52)39(17-28)53-3/h4-6,8,10-14,17-18,25,29,31,43,45-52H,7,9,15-16,19-24H2,1-3H3. The third-order valence-corrected chi connectivity index (χ3v) is 11.5. The minimum absolute atomic E-state index is 0.0230. The molecule has 5 unspecified atom stereocenters. The molecule has 0 spiro atoms. The van der Waals surface area contributed by atoms with Crippen LogP contribution >= 0.6 is 0 Å². The molecule has 8 rings (SSSR count). The molecule has 0 amide bonds. The Kier molecular flexibility index (Phi) is 10.9. The minimum Gasteiger partial charge on any atom is -0.508 e. The van der Waals surface area contributed by atoms with Crippen molar-refractivity contribution in [2.75, 3.05) is 47.3 Å². The zero-order chi connectivity index (χ0) is 39.0. The highest BCUT2D eigenvalue weighted by molar-refractivity contribution is 5.85. The molecule has 56 heavy (non-hydrogen) atoms. The summed E-state index contributed by atoms with van der Waals surface area (Å²) in [5.74, 6) is 2.07. The number of ether oxygens (including phenoxy) is 4. The van der Waals surface area contributed by atoms with Gasteiger partial charge in [-0.15, -0.1) is 0 Å². The lowest BCUT2D eigenvalue weighted by Crippen LogP contribution is -2.56. The third-order valence-electron chi connectivity index (χ3n) is 11.5. The zero-order valence-electron chi connectivity index (χ0n) is 32.2. The first kappa shape index (κ1) is 38.1. The van der Waals surface area contributed by atoms with Gasteiger partial charge in [-0.25, -0.2) is 0 Å². The monoisotopic (exact) mass is 764 g/mol. The molecule has 5 aromatic rings. The van der Waals surface area contributed by atoms with Crippen molar-refractivity contribution in [3.63, 3.8) is 0 Å². The van der Waals surface area contributed by atoms with Crippen LogP contribution in [0, 0.1) is 0 Å². The van der Waals surface area contributed by atoms with Gasteiger partial charge in [-0.3, -0.25) is 5.32 Å². The smallest absolute Gasteiger partial charge is 0.160 e. The number of aromatic nitrogens is 1. The van der Waals surface area contributed by atoms with Gasteiger partial charge in [-0.2, -0.15) is 0 Å². The van der Waals surface area contributed by atoms with Crippen LogP contribution in [0.4, 0.5) is 0 Å². The van der Waals surface area contributed by atoms with Gasteiger partial charge < -0.3 is 55.0 Å². The Morgan fingerprint density at radius 3 is 2.66 bits per heavy atom. The summed E-state index contributed by atoms with van der Waals surface area (Å²) in [4.78, 5) is 3.30. The Balaban J connectivity index is 1.31. The van der Waals surface area contributed by atoms with Crippen molar-refractivity contribution >= 4 is 10.9 Å². The molecule has 3 heterocycles. The Hall–Kier alpha value is -4.82. The second kappa shape index (κ2) is 16.0. The first-order valence-corrected chi connectivity index (χ1v) is 19.5. The predicted octanol–water partition coefficient (Wildman–Crippen LogP) is 4.95. The van der Waals surface area contributed by atoms with Gasteiger partial charge in [0.05, 0.1) is 26.6 Å². The maximum atomic E-state index is 10.9. The first-order chi connectivity index (χ1) is 27.2. The quantitative estimate of drug-likeness (QED) is 0.0569. The van der Waals surface area contributed by atoms with Crippen LogP contribution in [0.25, 0.3) is 22.0 Å². The van der Waals surface area contributed by atoms with Crippen LogP contribution in [0.2, 0.25) is 0 Å². The zero-order valence-corrected chi connectivity index (χ0v) is 32.2. The highest BCUT2D eigenvalue weighted by atomic mass is 16.6. The van der Waals surface area contributed by atoms with Gasteiger partial charge in [0.2, 0.25) is 0 Å². The molecule has 1 aliphatic carbocycles. The predicted molar refractivity (Wildman–Crippen MR) is 214 cm³/mol. The van der Waals surface area contributed by atoms with Crippen LogP contribution < -0.4 is 30.2 Å². The summed E-state index contributed by atoms with van der Waals surface area (Å²) in [6.45, 7) is 3.12. The van der Waals surface area contributed by atoms with Gasteiger partial charge in [0.15, 0.2) is 17.6 Å². The number of aliphatic hydroxyl groups excluding tert-OH is 2. The van der Waals surface area contributed by atoms with Crippen LogP contribution in [0.3, 0.4) is 0 Å². The summed E-state index contributed by atoms with van der Waals surface area (Å²) < 4.78 is 26.5. The number of fused-ring (bicyclic) bond motifs is 9. The number of hydrogen-bond acceptors (Lipinski definition) is 11. The van der Waals surface area contributed by atoms with Crippen molar-refractivity contribution in [3.8, 4) is 39.9 Å². The molecule has 0 fully saturated rings. The van der Waals surface area contributed by atoms with E-state index < -0.39 is 17.8 Å². The Bertz CT molecular complexity index is 2200. The van der Waals surface area contributed by atoms with E-state index in [-0.39, 0.29) is 36.9 Å². The third kappa shape index (κ3) is 7.17. The summed E-state index contributed by atoms with van der Waals surface area (Å²) in [6.07, 6.45) is 3.60. The van der Waals surface area contributed by atoms with Crippen molar-refractivity contribution in [1.29, 1.82) is 0 Å². The van der Waals surface area contributed by atoms with E-state index in [4.69, 9.17) is 18.9 Å². The molecule has 0 bridgehead atoms. The van der Waals surface area contributed by atoms with E-state index in [0.29, 0.717) is 56.9 Å². The molecule has 0 radical (unpaired) electrons. The van der Waals surface area contributed by atoms with E-state index in [1.165, 1.54) is 12.7 Å². The highest BCUT2D eigenvalue weighted by Crippen LogP contribution is 2.57. The normalized spacial score (nSPS) is 21.6. The summed E-state index contributed by atoms with van der Waals surface area (Å²) in [5.41, 5.74) is 8.23. The minimum atomic E-state index is -0.959. The topological polar surface area (TPSA) is 170 Å². The number of rotatable bonds is 14. The van der Waals surface area contributed by atoms with Crippen molar-refractivity contribution in [2.24, 2.45) is 0 Å². The van der Waals surface area contributed by atoms with Gasteiger partial charge >= 0.3 is 0 Å². The number of methoxy groups -OCH3 is 1. The van der Waals surface area contributed by atoms with Gasteiger partial charge in [0.25, 0.3) is 0 Å². The van der Waals surface area contributed by atoms with Gasteiger partial charge in [0.1, 0.15) is 29.0 Å². The van der Waals surface area contributed by atoms with E-state index in [1.54, 1.807) is 25.1 Å². The largest absolute Gasteiger partial charge is 0.508 e. The molecule has 1 aromatic heterocycles. The van der Waals surface area contributed by atoms with Crippen LogP contribution in [0.1, 0.15) is 58.7 Å². The molecule has 0 saturated carbocycles. The van der Waals surface area contributed by atoms with Crippen molar-refractivity contribution in [2.45, 2.75) is 68.9 Å². The summed E-state index contributed by atoms with van der Waals surface area (Å²) >= 11 is 0. The Morgan fingerprint density at radius 2 is 1.86 bits per heavy atom. The van der Waals surface area contributed by atoms with Gasteiger partial charge in [-0.05, 0) is 121 Å². The maximum absolute atomic E-state index is 10.9. The second-order valence-electron chi connectivity index (χ2n) is 15.4. The van der Waals surface area contributed by atoms with Gasteiger partial charge in [0, 0.05) is 54.6 Å². The lowest BCUT2D eigenvalue weighted by Gasteiger charge is -2.47. The van der Waals surface area contributed by atoms with Crippen LogP contribution in [0.15, 0.2) is 66.9 Å². The number of aromatic hydroxyl groups is 2. The lowest BCUT2D eigenvalue weighted by molar-refractivity contribution is -0.129. The molecule has 0 saturated heterocycles. The Morgan fingerprint density at radius 1 is 0.982 bits per heavy atom. The number of H-pyrrole nitrogens is 1. The fourth-order valence-corrected chi connectivity index (χ4v) is 8.92. The molecular weight excluding hydrogens is 713 g/mol. The van der Waals surface area contributed by atoms with Crippen molar-refractivity contribution in [1.82, 2.24) is 20.9 Å². The van der Waals surface area contributed by atoms with Crippen LogP contribution in [-0.4, -0.2) is 90.5 Å². The first-order valence-electron chi connectivity index (χ1n) is 19.5. The molecule has 3 aliphatic rings. The summed E-state index contributed by atoms with van der Waals surface area (Å²) in [5, 5.41) is 52.9. The number of phenols is 2. The van der Waals surface area contributed by atoms with E-state index in [9.17, 15) is 20.4 Å². The second-order valence-corrected chi connectivity index (χ2v) is 15.4. The number of phenolic OH excluding ortho intramolecular Hbond substituents is 2. The van der Waals surface area contributed by atoms with Crippen LogP contribution in [0.5, 0.6) is 28.7 Å². The Labute approximate surface area is 326 Å².